The van der Waals surface area contributed by atoms with Crippen molar-refractivity contribution in [2.45, 2.75) is 282 Å². The first-order valence-corrected chi connectivity index (χ1v) is 49.4. The second-order valence-electron chi connectivity index (χ2n) is 38.1. The van der Waals surface area contributed by atoms with Crippen LogP contribution in [-0.2, 0) is 114 Å². The van der Waals surface area contributed by atoms with Gasteiger partial charge in [0.25, 0.3) is 0 Å². The number of hydrogen-bond acceptors (Lipinski definition) is 26. The number of aromatic amines is 2. The number of nitrogens with zero attached hydrogens (tertiary/aromatic N) is 1. The molecule has 0 aliphatic carbocycles. The highest BCUT2D eigenvalue weighted by molar-refractivity contribution is 6.03. The molecule has 16 atom stereocenters. The number of carboxylic acids is 3. The van der Waals surface area contributed by atoms with Gasteiger partial charge in [0, 0.05) is 92.5 Å². The van der Waals surface area contributed by atoms with Crippen LogP contribution in [0.2, 0.25) is 0 Å². The van der Waals surface area contributed by atoms with E-state index in [1.807, 2.05) is 0 Å². The van der Waals surface area contributed by atoms with Crippen molar-refractivity contribution in [1.82, 2.24) is 116 Å². The zero-order chi connectivity index (χ0) is 112. The Morgan fingerprint density at radius 2 is 0.720 bits per heavy atom. The number of nitrogens with two attached hydrogens (primary N) is 5. The van der Waals surface area contributed by atoms with Crippen molar-refractivity contribution >= 4 is 164 Å². The quantitative estimate of drug-likeness (QED) is 0.0111. The highest BCUT2D eigenvalue weighted by Gasteiger charge is 2.43. The molecule has 0 radical (unpaired) electrons. The van der Waals surface area contributed by atoms with E-state index in [1.165, 1.54) is 13.1 Å². The number of benzene rings is 2. The van der Waals surface area contributed by atoms with Gasteiger partial charge in [-0.05, 0) is 144 Å². The number of guanidine groups is 3. The molecule has 0 spiro atoms. The number of carbonyl (C=O) groups excluding carboxylic acids is 18. The van der Waals surface area contributed by atoms with Crippen LogP contribution in [0.25, 0.3) is 21.8 Å². The van der Waals surface area contributed by atoms with Crippen LogP contribution >= 0.6 is 0 Å². The summed E-state index contributed by atoms with van der Waals surface area (Å²) >= 11 is 0. The van der Waals surface area contributed by atoms with Gasteiger partial charge in [0.1, 0.15) is 97.2 Å². The molecule has 828 valence electrons. The number of aliphatic hydroxyl groups is 1. The lowest BCUT2D eigenvalue weighted by molar-refractivity contribution is -0.141. The highest BCUT2D eigenvalue weighted by atomic mass is 16.4. The monoisotopic (exact) mass is 2110 g/mol. The van der Waals surface area contributed by atoms with Crippen LogP contribution in [0.15, 0.2) is 60.9 Å². The zero-order valence-electron chi connectivity index (χ0n) is 85.7. The molecule has 0 saturated carbocycles. The minimum atomic E-state index is -1.88. The number of carbonyl (C=O) groups is 21. The summed E-state index contributed by atoms with van der Waals surface area (Å²) < 4.78 is 0. The Balaban J connectivity index is 1.44. The van der Waals surface area contributed by atoms with Crippen molar-refractivity contribution in [3.05, 3.63) is 72.1 Å². The van der Waals surface area contributed by atoms with E-state index in [9.17, 15) is 92.3 Å². The topological polar surface area (TPSA) is 904 Å². The van der Waals surface area contributed by atoms with E-state index in [2.05, 4.69) is 111 Å². The lowest BCUT2D eigenvalue weighted by Gasteiger charge is -2.30. The lowest BCUT2D eigenvalue weighted by atomic mass is 9.98. The number of aliphatic hydroxyl groups excluding tert-OH is 1. The van der Waals surface area contributed by atoms with Gasteiger partial charge in [0.05, 0.1) is 19.2 Å². The van der Waals surface area contributed by atoms with Crippen LogP contribution in [0.1, 0.15) is 183 Å². The molecular weight excluding hydrogens is 1960 g/mol. The number of fused-ring (bicyclic) bond motifs is 2. The summed E-state index contributed by atoms with van der Waals surface area (Å²) in [6, 6.07) is -10.2. The standard InChI is InChI=1S/C95H148N30O25/c1-46(2)37-64(85(143)116-63(29-32-73(132)133)83(141)120-67(40-53-43-108-57-22-14-12-20-55(53)57)88(146)123-76(49(7)8)91(149)117-60(25-17-35-106-95(102)103)84(142)122-75(48(5)6)90(148)110-45-74(134)135)118-87(145)66(39-52-42-107-56-21-13-11-19-54(52)56)119-82(140)62(27-30-69(97)127)115-81(139)59(24-16-34-105-94(100)101)113-86(144)65(38-47(3)4)121-92(150)77(51(10)126)124-89(147)68-26-18-36-125(68)71(129)44-109-79(137)61(28-31-72(130)131)114-80(138)58(23-15-33-104-93(98)99)112-78(136)50(9)111-70(128)41-96/h11-14,19-22,42-43,46-51,58-68,75-77,107-108,126H,15-18,23-41,44-45,96H2,1-10H3,(H2,97,127)(H,109,137)(H,110,148)(H,111,128)(H,112,136)(H,113,144)(H,114,138)(H,115,139)(H,116,143)(H,117,149)(H,118,145)(H,119,140)(H,120,141)(H,121,150)(H,122,142)(H,123,146)(H,124,147)(H,130,131)(H,132,133)(H,134,135)(H4,98,99,104)(H4,100,101,105)(H4,102,103,106)/t50-,51+,58-,59-,60-,61-,62-,63-,64-,65-,66-,67-,68-,75-,76-,77-/m0/s1. The maximum atomic E-state index is 15.4. The predicted molar refractivity (Wildman–Crippen MR) is 544 cm³/mol. The third-order valence-electron chi connectivity index (χ3n) is 24.1. The van der Waals surface area contributed by atoms with Crippen LogP contribution < -0.4 is 130 Å². The second kappa shape index (κ2) is 62.3. The summed E-state index contributed by atoms with van der Waals surface area (Å²) in [6.45, 7) is 13.2. The number of primary amides is 1. The van der Waals surface area contributed by atoms with E-state index < -0.39 is 321 Å². The Morgan fingerprint density at radius 1 is 0.380 bits per heavy atom. The molecule has 150 heavy (non-hydrogen) atoms. The van der Waals surface area contributed by atoms with Gasteiger partial charge in [-0.15, -0.1) is 0 Å². The normalized spacial score (nSPS) is 15.2. The van der Waals surface area contributed by atoms with Gasteiger partial charge < -0.3 is 165 Å². The number of hydrogen-bond donors (Lipinski definition) is 33. The summed E-state index contributed by atoms with van der Waals surface area (Å²) in [5, 5.41) is 112. The molecular formula is C95H148N30O25. The summed E-state index contributed by atoms with van der Waals surface area (Å²) in [7, 11) is 0. The number of H-pyrrole nitrogens is 2. The fraction of sp³-hybridized carbons (Fsp3) is 0.579. The largest absolute Gasteiger partial charge is 0.481 e. The van der Waals surface area contributed by atoms with Crippen molar-refractivity contribution in [3.8, 4) is 0 Å². The molecule has 1 aliphatic heterocycles. The Bertz CT molecular complexity index is 5410. The number of aromatic nitrogens is 2. The zero-order valence-corrected chi connectivity index (χ0v) is 85.7. The van der Waals surface area contributed by atoms with Gasteiger partial charge in [0.15, 0.2) is 17.9 Å². The van der Waals surface area contributed by atoms with Crippen molar-refractivity contribution in [3.63, 3.8) is 0 Å². The van der Waals surface area contributed by atoms with Crippen molar-refractivity contribution in [2.24, 2.45) is 52.3 Å². The van der Waals surface area contributed by atoms with Crippen LogP contribution in [-0.4, -0.2) is 320 Å². The fourth-order valence-corrected chi connectivity index (χ4v) is 16.2. The van der Waals surface area contributed by atoms with Gasteiger partial charge in [-0.25, -0.2) is 0 Å². The molecule has 5 rings (SSSR count). The number of aliphatic carboxylic acids is 3. The summed E-state index contributed by atoms with van der Waals surface area (Å²) in [4.78, 5) is 300. The molecule has 1 fully saturated rings. The molecule has 2 aromatic heterocycles. The van der Waals surface area contributed by atoms with Gasteiger partial charge in [-0.1, -0.05) is 91.8 Å². The highest BCUT2D eigenvalue weighted by Crippen LogP contribution is 2.25. The molecule has 55 nitrogen and oxygen atoms in total. The lowest BCUT2D eigenvalue weighted by Crippen LogP contribution is -2.62. The van der Waals surface area contributed by atoms with E-state index in [4.69, 9.17) is 44.9 Å². The van der Waals surface area contributed by atoms with Gasteiger partial charge in [-0.3, -0.25) is 117 Å². The average Bonchev–Trinajstić information content (AvgIpc) is 1.66. The Kier molecular flexibility index (Phi) is 51.7. The van der Waals surface area contributed by atoms with Crippen molar-refractivity contribution in [2.75, 3.05) is 45.8 Å². The van der Waals surface area contributed by atoms with E-state index in [-0.39, 0.29) is 103 Å². The van der Waals surface area contributed by atoms with Crippen LogP contribution in [0.5, 0.6) is 0 Å². The van der Waals surface area contributed by atoms with Gasteiger partial charge in [0.2, 0.25) is 106 Å². The third-order valence-corrected chi connectivity index (χ3v) is 24.1. The molecule has 38 N–H and O–H groups in total. The number of likely N-dealkylation sites (tertiary alicyclic amines) is 1. The number of rotatable bonds is 66. The average molecular weight is 2110 g/mol. The van der Waals surface area contributed by atoms with Crippen molar-refractivity contribution in [1.29, 1.82) is 16.2 Å². The molecule has 4 aromatic rings. The maximum Gasteiger partial charge on any atom is 0.322 e. The van der Waals surface area contributed by atoms with Crippen LogP contribution in [0.4, 0.5) is 0 Å². The predicted octanol–water partition coefficient (Wildman–Crippen LogP) is -6.92. The Morgan fingerprint density at radius 3 is 1.11 bits per heavy atom. The third kappa shape index (κ3) is 42.9. The molecule has 55 heteroatoms. The number of para-hydroxylation sites is 2. The Hall–Kier alpha value is -15.9. The summed E-state index contributed by atoms with van der Waals surface area (Å²) in [5.41, 5.74) is 29.5. The van der Waals surface area contributed by atoms with Crippen molar-refractivity contribution < 1.29 is 121 Å². The summed E-state index contributed by atoms with van der Waals surface area (Å²) in [5.74, 6) is -25.8. The minimum Gasteiger partial charge on any atom is -0.481 e. The van der Waals surface area contributed by atoms with Gasteiger partial charge >= 0.3 is 17.9 Å². The summed E-state index contributed by atoms with van der Waals surface area (Å²) in [6.07, 6.45) is -3.96. The van der Waals surface area contributed by atoms with Gasteiger partial charge in [-0.2, -0.15) is 0 Å². The van der Waals surface area contributed by atoms with Crippen LogP contribution in [0.3, 0.4) is 0 Å². The smallest absolute Gasteiger partial charge is 0.322 e. The molecule has 18 amide bonds. The minimum absolute atomic E-state index is 0.0301. The first kappa shape index (κ1) is 125. The number of nitrogens with one attached hydrogen (secondary N) is 24. The van der Waals surface area contributed by atoms with Crippen LogP contribution in [0, 0.1) is 39.9 Å². The van der Waals surface area contributed by atoms with E-state index >= 15 is 28.8 Å². The molecule has 0 unspecified atom stereocenters. The van der Waals surface area contributed by atoms with E-state index in [1.54, 1.807) is 110 Å². The molecule has 2 aromatic carbocycles. The molecule has 3 heterocycles. The SMILES string of the molecule is CC(C)C[C@H](NC(=O)[C@H](Cc1c[nH]c2ccccc12)NC(=O)[C@H](CCC(N)=O)NC(=O)[C@H](CCCNC(=N)N)NC(=O)[C@H](CC(C)C)NC(=O)[C@@H](NC(=O)[C@@H]1CCCN1C(=O)CNC(=O)[C@H](CCC(=O)O)NC(=O)[C@H](CCCNC(=N)N)NC(=O)[C@H](C)NC(=O)CN)[C@@H](C)O)C(=O)N[C@@H](CCC(=O)O)C(=O)N[C@@H](Cc1c[nH]c2ccccc12)C(=O)N[C@H](C(=O)N[C@@H](CCCNC(=N)N)C(=O)N[C@H](C(=O)NCC(=O)O)C(C)C)C(C)C. The molecule has 0 bridgehead atoms. The number of carboxylic acid groups (broad SMARTS) is 3. The first-order chi connectivity index (χ1) is 70.7. The Labute approximate surface area is 865 Å². The van der Waals surface area contributed by atoms with E-state index in [0.717, 1.165) is 11.8 Å². The second-order valence-corrected chi connectivity index (χ2v) is 38.1. The molecule has 1 aliphatic rings. The number of amides is 18. The fourth-order valence-electron chi connectivity index (χ4n) is 16.2. The van der Waals surface area contributed by atoms with E-state index in [0.29, 0.717) is 32.9 Å². The molecule has 1 saturated heterocycles. The maximum absolute atomic E-state index is 15.4. The first-order valence-electron chi connectivity index (χ1n) is 49.4.